The summed E-state index contributed by atoms with van der Waals surface area (Å²) in [6.07, 6.45) is -1.91. The zero-order valence-electron chi connectivity index (χ0n) is 14.3. The van der Waals surface area contributed by atoms with E-state index in [0.717, 1.165) is 5.56 Å². The molecule has 0 aliphatic heterocycles. The number of ether oxygens (including phenoxy) is 2. The lowest BCUT2D eigenvalue weighted by Gasteiger charge is -2.18. The van der Waals surface area contributed by atoms with E-state index in [-0.39, 0.29) is 0 Å². The quantitative estimate of drug-likeness (QED) is 0.814. The normalized spacial score (nSPS) is 12.8. The van der Waals surface area contributed by atoms with Crippen molar-refractivity contribution in [1.29, 1.82) is 0 Å². The first kappa shape index (κ1) is 18.4. The molecule has 0 aromatic heterocycles. The molecule has 2 atom stereocenters. The summed E-state index contributed by atoms with van der Waals surface area (Å²) in [5.41, 5.74) is 1.69. The Balaban J connectivity index is 1.86. The molecule has 2 rings (SSSR count). The van der Waals surface area contributed by atoms with Crippen LogP contribution in [0.25, 0.3) is 0 Å². The molecule has 2 aromatic carbocycles. The number of carbonyl (C=O) groups excluding carboxylic acids is 2. The zero-order valence-corrected chi connectivity index (χ0v) is 14.3. The Kier molecular flexibility index (Phi) is 6.11. The molecule has 6 heteroatoms. The Morgan fingerprint density at radius 2 is 1.56 bits per heavy atom. The maximum Gasteiger partial charge on any atom is 0.347 e. The second kappa shape index (κ2) is 8.28. The number of hydrogen-bond acceptors (Lipinski definition) is 4. The van der Waals surface area contributed by atoms with E-state index < -0.39 is 29.9 Å². The summed E-state index contributed by atoms with van der Waals surface area (Å²) in [7, 11) is 0. The van der Waals surface area contributed by atoms with Gasteiger partial charge in [-0.05, 0) is 57.2 Å². The highest BCUT2D eigenvalue weighted by molar-refractivity contribution is 5.95. The number of rotatable bonds is 6. The van der Waals surface area contributed by atoms with Crippen LogP contribution in [-0.4, -0.2) is 24.1 Å². The summed E-state index contributed by atoms with van der Waals surface area (Å²) in [6.45, 7) is 4.92. The van der Waals surface area contributed by atoms with Crippen LogP contribution in [0.2, 0.25) is 0 Å². The average Bonchev–Trinajstić information content (AvgIpc) is 2.58. The summed E-state index contributed by atoms with van der Waals surface area (Å²) in [5, 5.41) is 2.67. The molecule has 1 N–H and O–H groups in total. The standard InChI is InChI=1S/C19H20FNO4/c1-12-4-8-16(9-5-12)21-18(22)13(2)25-19(23)14(3)24-17-10-6-15(20)7-11-17/h4-11,13-14H,1-3H3,(H,21,22)/t13-,14-/m1/s1. The lowest BCUT2D eigenvalue weighted by atomic mass is 10.2. The van der Waals surface area contributed by atoms with Crippen LogP contribution in [0.4, 0.5) is 10.1 Å². The van der Waals surface area contributed by atoms with Gasteiger partial charge in [0.2, 0.25) is 0 Å². The first-order chi connectivity index (χ1) is 11.8. The molecule has 0 spiro atoms. The largest absolute Gasteiger partial charge is 0.479 e. The van der Waals surface area contributed by atoms with Gasteiger partial charge in [-0.3, -0.25) is 4.79 Å². The Hall–Kier alpha value is -2.89. The molecule has 0 radical (unpaired) electrons. The van der Waals surface area contributed by atoms with E-state index >= 15 is 0 Å². The van der Waals surface area contributed by atoms with Crippen LogP contribution in [0.15, 0.2) is 48.5 Å². The Morgan fingerprint density at radius 1 is 0.960 bits per heavy atom. The van der Waals surface area contributed by atoms with Gasteiger partial charge in [-0.1, -0.05) is 17.7 Å². The van der Waals surface area contributed by atoms with Crippen molar-refractivity contribution in [2.75, 3.05) is 5.32 Å². The van der Waals surface area contributed by atoms with Crippen molar-refractivity contribution in [3.05, 3.63) is 59.9 Å². The third kappa shape index (κ3) is 5.60. The number of anilines is 1. The molecule has 0 saturated carbocycles. The van der Waals surface area contributed by atoms with Crippen LogP contribution in [-0.2, 0) is 14.3 Å². The fraction of sp³-hybridized carbons (Fsp3) is 0.263. The smallest absolute Gasteiger partial charge is 0.347 e. The van der Waals surface area contributed by atoms with Gasteiger partial charge >= 0.3 is 5.97 Å². The minimum Gasteiger partial charge on any atom is -0.479 e. The van der Waals surface area contributed by atoms with Crippen molar-refractivity contribution in [3.8, 4) is 5.75 Å². The molecule has 1 amide bonds. The van der Waals surface area contributed by atoms with E-state index in [9.17, 15) is 14.0 Å². The minimum atomic E-state index is -0.979. The number of esters is 1. The first-order valence-corrected chi connectivity index (χ1v) is 7.85. The fourth-order valence-corrected chi connectivity index (χ4v) is 1.97. The van der Waals surface area contributed by atoms with Gasteiger partial charge in [0, 0.05) is 5.69 Å². The Labute approximate surface area is 145 Å². The summed E-state index contributed by atoms with van der Waals surface area (Å²) in [4.78, 5) is 24.1. The van der Waals surface area contributed by atoms with E-state index in [0.29, 0.717) is 11.4 Å². The van der Waals surface area contributed by atoms with Crippen LogP contribution < -0.4 is 10.1 Å². The maximum atomic E-state index is 12.9. The number of amides is 1. The summed E-state index contributed by atoms with van der Waals surface area (Å²) < 4.78 is 23.3. The third-order valence-electron chi connectivity index (χ3n) is 3.44. The number of halogens is 1. The van der Waals surface area contributed by atoms with Gasteiger partial charge in [-0.25, -0.2) is 9.18 Å². The molecule has 5 nitrogen and oxygen atoms in total. The highest BCUT2D eigenvalue weighted by Crippen LogP contribution is 2.14. The van der Waals surface area contributed by atoms with Crippen molar-refractivity contribution in [2.45, 2.75) is 33.0 Å². The summed E-state index contributed by atoms with van der Waals surface area (Å²) in [6, 6.07) is 12.5. The molecule has 25 heavy (non-hydrogen) atoms. The van der Waals surface area contributed by atoms with Crippen LogP contribution in [0.1, 0.15) is 19.4 Å². The van der Waals surface area contributed by atoms with Crippen LogP contribution in [0, 0.1) is 12.7 Å². The maximum absolute atomic E-state index is 12.9. The molecule has 0 aliphatic rings. The molecule has 0 aliphatic carbocycles. The number of nitrogens with one attached hydrogen (secondary N) is 1. The highest BCUT2D eigenvalue weighted by atomic mass is 19.1. The topological polar surface area (TPSA) is 64.6 Å². The van der Waals surface area contributed by atoms with E-state index in [1.165, 1.54) is 38.1 Å². The molecule has 0 heterocycles. The predicted octanol–water partition coefficient (Wildman–Crippen LogP) is 3.47. The fourth-order valence-electron chi connectivity index (χ4n) is 1.97. The lowest BCUT2D eigenvalue weighted by Crippen LogP contribution is -2.35. The Bertz CT molecular complexity index is 728. The lowest BCUT2D eigenvalue weighted by molar-refractivity contribution is -0.159. The van der Waals surface area contributed by atoms with Gasteiger partial charge in [0.15, 0.2) is 12.2 Å². The van der Waals surface area contributed by atoms with Crippen molar-refractivity contribution in [3.63, 3.8) is 0 Å². The molecule has 0 saturated heterocycles. The van der Waals surface area contributed by atoms with Gasteiger partial charge in [-0.15, -0.1) is 0 Å². The van der Waals surface area contributed by atoms with Gasteiger partial charge in [-0.2, -0.15) is 0 Å². The van der Waals surface area contributed by atoms with Crippen molar-refractivity contribution in [2.24, 2.45) is 0 Å². The first-order valence-electron chi connectivity index (χ1n) is 7.85. The number of aryl methyl sites for hydroxylation is 1. The molecule has 0 unspecified atom stereocenters. The van der Waals surface area contributed by atoms with E-state index in [4.69, 9.17) is 9.47 Å². The van der Waals surface area contributed by atoms with E-state index in [1.807, 2.05) is 19.1 Å². The Morgan fingerprint density at radius 3 is 2.16 bits per heavy atom. The van der Waals surface area contributed by atoms with Crippen LogP contribution >= 0.6 is 0 Å². The monoisotopic (exact) mass is 345 g/mol. The minimum absolute atomic E-state index is 0.336. The van der Waals surface area contributed by atoms with Gasteiger partial charge in [0.25, 0.3) is 5.91 Å². The second-order valence-corrected chi connectivity index (χ2v) is 5.65. The molecule has 132 valence electrons. The van der Waals surface area contributed by atoms with Crippen LogP contribution in [0.5, 0.6) is 5.75 Å². The second-order valence-electron chi connectivity index (χ2n) is 5.65. The SMILES string of the molecule is Cc1ccc(NC(=O)[C@@H](C)OC(=O)[C@@H](C)Oc2ccc(F)cc2)cc1. The van der Waals surface area contributed by atoms with E-state index in [2.05, 4.69) is 5.32 Å². The highest BCUT2D eigenvalue weighted by Gasteiger charge is 2.23. The summed E-state index contributed by atoms with van der Waals surface area (Å²) in [5.74, 6) is -1.19. The zero-order chi connectivity index (χ0) is 18.4. The van der Waals surface area contributed by atoms with Crippen molar-refractivity contribution in [1.82, 2.24) is 0 Å². The average molecular weight is 345 g/mol. The predicted molar refractivity (Wildman–Crippen MR) is 91.9 cm³/mol. The third-order valence-corrected chi connectivity index (χ3v) is 3.44. The number of hydrogen-bond donors (Lipinski definition) is 1. The van der Waals surface area contributed by atoms with Gasteiger partial charge in [0.05, 0.1) is 0 Å². The molecule has 0 bridgehead atoms. The van der Waals surface area contributed by atoms with Gasteiger partial charge in [0.1, 0.15) is 11.6 Å². The van der Waals surface area contributed by atoms with Crippen molar-refractivity contribution < 1.29 is 23.5 Å². The number of carbonyl (C=O) groups is 2. The molecule has 2 aromatic rings. The van der Waals surface area contributed by atoms with E-state index in [1.54, 1.807) is 12.1 Å². The molecular weight excluding hydrogens is 325 g/mol. The van der Waals surface area contributed by atoms with Crippen molar-refractivity contribution >= 4 is 17.6 Å². The van der Waals surface area contributed by atoms with Gasteiger partial charge < -0.3 is 14.8 Å². The molecular formula is C19H20FNO4. The molecule has 0 fully saturated rings. The summed E-state index contributed by atoms with van der Waals surface area (Å²) >= 11 is 0. The van der Waals surface area contributed by atoms with Crippen LogP contribution in [0.3, 0.4) is 0 Å². The number of benzene rings is 2.